The molecule has 0 aromatic rings. The number of rotatable bonds is 8. The molecular formula is C17H36N2. The molecule has 19 heavy (non-hydrogen) atoms. The van der Waals surface area contributed by atoms with Crippen LogP contribution in [0.4, 0.5) is 0 Å². The summed E-state index contributed by atoms with van der Waals surface area (Å²) >= 11 is 0. The summed E-state index contributed by atoms with van der Waals surface area (Å²) in [6.07, 6.45) is 9.74. The van der Waals surface area contributed by atoms with Crippen LogP contribution in [0.2, 0.25) is 0 Å². The Hall–Kier alpha value is -0.0800. The average Bonchev–Trinajstić information content (AvgIpc) is 2.68. The lowest BCUT2D eigenvalue weighted by Gasteiger charge is -2.32. The molecular weight excluding hydrogens is 232 g/mol. The molecule has 0 spiro atoms. The molecule has 114 valence electrons. The van der Waals surface area contributed by atoms with Gasteiger partial charge in [-0.3, -0.25) is 0 Å². The molecule has 1 rings (SSSR count). The zero-order chi connectivity index (χ0) is 14.1. The third kappa shape index (κ3) is 5.83. The Kier molecular flexibility index (Phi) is 8.72. The van der Waals surface area contributed by atoms with Gasteiger partial charge in [0.1, 0.15) is 0 Å². The van der Waals surface area contributed by atoms with E-state index in [1.165, 1.54) is 64.6 Å². The predicted molar refractivity (Wildman–Crippen MR) is 85.6 cm³/mol. The van der Waals surface area contributed by atoms with Gasteiger partial charge in [0.15, 0.2) is 0 Å². The quantitative estimate of drug-likeness (QED) is 0.671. The zero-order valence-electron chi connectivity index (χ0n) is 13.8. The van der Waals surface area contributed by atoms with Crippen LogP contribution in [-0.2, 0) is 0 Å². The largest absolute Gasteiger partial charge is 0.317 e. The maximum absolute atomic E-state index is 3.58. The van der Waals surface area contributed by atoms with E-state index in [2.05, 4.69) is 38.0 Å². The Labute approximate surface area is 121 Å². The monoisotopic (exact) mass is 268 g/mol. The molecule has 2 heteroatoms. The Morgan fingerprint density at radius 1 is 1.05 bits per heavy atom. The normalized spacial score (nSPS) is 24.9. The van der Waals surface area contributed by atoms with E-state index in [-0.39, 0.29) is 0 Å². The second-order valence-corrected chi connectivity index (χ2v) is 6.33. The van der Waals surface area contributed by atoms with Crippen LogP contribution in [0.25, 0.3) is 0 Å². The van der Waals surface area contributed by atoms with Gasteiger partial charge in [-0.25, -0.2) is 0 Å². The van der Waals surface area contributed by atoms with Crippen molar-refractivity contribution in [1.29, 1.82) is 0 Å². The Morgan fingerprint density at radius 3 is 2.32 bits per heavy atom. The van der Waals surface area contributed by atoms with Crippen LogP contribution in [0.5, 0.6) is 0 Å². The van der Waals surface area contributed by atoms with Gasteiger partial charge in [-0.1, -0.05) is 52.9 Å². The summed E-state index contributed by atoms with van der Waals surface area (Å²) in [4.78, 5) is 2.71. The lowest BCUT2D eigenvalue weighted by atomic mass is 9.93. The van der Waals surface area contributed by atoms with E-state index in [0.29, 0.717) is 0 Å². The van der Waals surface area contributed by atoms with Crippen LogP contribution in [0, 0.1) is 11.8 Å². The van der Waals surface area contributed by atoms with E-state index in [1.54, 1.807) is 0 Å². The highest BCUT2D eigenvalue weighted by Crippen LogP contribution is 2.25. The van der Waals surface area contributed by atoms with Crippen molar-refractivity contribution >= 4 is 0 Å². The van der Waals surface area contributed by atoms with Gasteiger partial charge in [0.2, 0.25) is 0 Å². The van der Waals surface area contributed by atoms with Crippen LogP contribution in [0.1, 0.15) is 65.7 Å². The third-order valence-electron chi connectivity index (χ3n) is 5.14. The Morgan fingerprint density at radius 2 is 1.74 bits per heavy atom. The van der Waals surface area contributed by atoms with Crippen molar-refractivity contribution < 1.29 is 0 Å². The summed E-state index contributed by atoms with van der Waals surface area (Å²) in [6.45, 7) is 10.8. The molecule has 0 heterocycles. The fourth-order valence-corrected chi connectivity index (χ4v) is 3.56. The number of nitrogens with zero attached hydrogens (tertiary/aromatic N) is 1. The van der Waals surface area contributed by atoms with E-state index in [0.717, 1.165) is 17.9 Å². The van der Waals surface area contributed by atoms with Gasteiger partial charge < -0.3 is 10.2 Å². The number of hydrogen-bond acceptors (Lipinski definition) is 2. The molecule has 1 saturated carbocycles. The summed E-state index contributed by atoms with van der Waals surface area (Å²) in [7, 11) is 2.15. The molecule has 0 amide bonds. The highest BCUT2D eigenvalue weighted by Gasteiger charge is 2.24. The van der Waals surface area contributed by atoms with Crippen LogP contribution in [0.15, 0.2) is 0 Å². The van der Waals surface area contributed by atoms with Gasteiger partial charge in [0.05, 0.1) is 0 Å². The molecule has 0 saturated heterocycles. The number of nitrogens with one attached hydrogen (secondary N) is 1. The first kappa shape index (κ1) is 17.0. The molecule has 1 fully saturated rings. The molecule has 2 unspecified atom stereocenters. The van der Waals surface area contributed by atoms with Crippen molar-refractivity contribution in [2.24, 2.45) is 11.8 Å². The Bertz CT molecular complexity index is 213. The first-order valence-electron chi connectivity index (χ1n) is 8.64. The fourth-order valence-electron chi connectivity index (χ4n) is 3.56. The Balaban J connectivity index is 2.51. The molecule has 2 atom stereocenters. The molecule has 0 aromatic carbocycles. The molecule has 0 aliphatic heterocycles. The highest BCUT2D eigenvalue weighted by molar-refractivity contribution is 4.81. The molecule has 1 aliphatic carbocycles. The van der Waals surface area contributed by atoms with Crippen LogP contribution in [-0.4, -0.2) is 37.6 Å². The first-order chi connectivity index (χ1) is 9.24. The zero-order valence-corrected chi connectivity index (χ0v) is 13.8. The summed E-state index contributed by atoms with van der Waals surface area (Å²) in [6, 6.07) is 0.748. The second kappa shape index (κ2) is 9.77. The lowest BCUT2D eigenvalue weighted by Crippen LogP contribution is -2.42. The SMILES string of the molecule is CCC(CC)CN(CC)CC1CCCCCC1NC. The van der Waals surface area contributed by atoms with E-state index < -0.39 is 0 Å². The van der Waals surface area contributed by atoms with Gasteiger partial charge in [-0.15, -0.1) is 0 Å². The van der Waals surface area contributed by atoms with Crippen LogP contribution >= 0.6 is 0 Å². The van der Waals surface area contributed by atoms with Crippen molar-refractivity contribution in [3.8, 4) is 0 Å². The van der Waals surface area contributed by atoms with E-state index in [1.807, 2.05) is 0 Å². The molecule has 0 bridgehead atoms. The van der Waals surface area contributed by atoms with Crippen molar-refractivity contribution in [2.75, 3.05) is 26.7 Å². The maximum Gasteiger partial charge on any atom is 0.0104 e. The summed E-state index contributed by atoms with van der Waals surface area (Å²) in [5, 5.41) is 3.58. The smallest absolute Gasteiger partial charge is 0.0104 e. The predicted octanol–water partition coefficient (Wildman–Crippen LogP) is 3.91. The topological polar surface area (TPSA) is 15.3 Å². The van der Waals surface area contributed by atoms with Crippen molar-refractivity contribution in [2.45, 2.75) is 71.8 Å². The fraction of sp³-hybridized carbons (Fsp3) is 1.00. The minimum Gasteiger partial charge on any atom is -0.317 e. The highest BCUT2D eigenvalue weighted by atomic mass is 15.1. The summed E-state index contributed by atoms with van der Waals surface area (Å²) in [5.74, 6) is 1.75. The lowest BCUT2D eigenvalue weighted by molar-refractivity contribution is 0.176. The molecule has 0 aromatic heterocycles. The van der Waals surface area contributed by atoms with Gasteiger partial charge >= 0.3 is 0 Å². The van der Waals surface area contributed by atoms with Crippen molar-refractivity contribution in [1.82, 2.24) is 10.2 Å². The standard InChI is InChI=1S/C17H36N2/c1-5-15(6-2)13-19(7-3)14-16-11-9-8-10-12-17(16)18-4/h15-18H,5-14H2,1-4H3. The maximum atomic E-state index is 3.58. The van der Waals surface area contributed by atoms with Gasteiger partial charge in [0.25, 0.3) is 0 Å². The second-order valence-electron chi connectivity index (χ2n) is 6.33. The summed E-state index contributed by atoms with van der Waals surface area (Å²) in [5.41, 5.74) is 0. The first-order valence-corrected chi connectivity index (χ1v) is 8.64. The molecule has 2 nitrogen and oxygen atoms in total. The van der Waals surface area contributed by atoms with Gasteiger partial charge in [0, 0.05) is 19.1 Å². The summed E-state index contributed by atoms with van der Waals surface area (Å²) < 4.78 is 0. The van der Waals surface area contributed by atoms with Crippen LogP contribution < -0.4 is 5.32 Å². The van der Waals surface area contributed by atoms with E-state index >= 15 is 0 Å². The number of hydrogen-bond donors (Lipinski definition) is 1. The van der Waals surface area contributed by atoms with Crippen molar-refractivity contribution in [3.63, 3.8) is 0 Å². The molecule has 1 aliphatic rings. The van der Waals surface area contributed by atoms with Crippen LogP contribution in [0.3, 0.4) is 0 Å². The minimum absolute atomic E-state index is 0.748. The minimum atomic E-state index is 0.748. The van der Waals surface area contributed by atoms with Gasteiger partial charge in [-0.05, 0) is 38.3 Å². The van der Waals surface area contributed by atoms with Crippen molar-refractivity contribution in [3.05, 3.63) is 0 Å². The molecule has 1 N–H and O–H groups in total. The molecule has 0 radical (unpaired) electrons. The van der Waals surface area contributed by atoms with E-state index in [4.69, 9.17) is 0 Å². The van der Waals surface area contributed by atoms with Gasteiger partial charge in [-0.2, -0.15) is 0 Å². The third-order valence-corrected chi connectivity index (χ3v) is 5.14. The van der Waals surface area contributed by atoms with E-state index in [9.17, 15) is 0 Å². The average molecular weight is 268 g/mol.